The maximum Gasteiger partial charge on any atom is 0.242 e. The van der Waals surface area contributed by atoms with Gasteiger partial charge < -0.3 is 19.9 Å². The van der Waals surface area contributed by atoms with E-state index in [1.54, 1.807) is 0 Å². The van der Waals surface area contributed by atoms with Gasteiger partial charge in [0.1, 0.15) is 6.04 Å². The van der Waals surface area contributed by atoms with Crippen LogP contribution < -0.4 is 5.32 Å². The number of hydrogen-bond donors (Lipinski definition) is 1. The summed E-state index contributed by atoms with van der Waals surface area (Å²) in [6.07, 6.45) is 6.06. The third-order valence-corrected chi connectivity index (χ3v) is 5.78. The summed E-state index contributed by atoms with van der Waals surface area (Å²) >= 11 is 0. The zero-order valence-corrected chi connectivity index (χ0v) is 15.4. The molecule has 2 amide bonds. The summed E-state index contributed by atoms with van der Waals surface area (Å²) in [5.74, 6) is 0.346. The monoisotopic (exact) mass is 352 g/mol. The molecule has 0 bridgehead atoms. The van der Waals surface area contributed by atoms with E-state index < -0.39 is 0 Å². The van der Waals surface area contributed by atoms with E-state index in [0.29, 0.717) is 38.9 Å². The van der Waals surface area contributed by atoms with E-state index in [4.69, 9.17) is 4.74 Å². The van der Waals surface area contributed by atoms with Gasteiger partial charge in [0.2, 0.25) is 11.8 Å². The second-order valence-electron chi connectivity index (χ2n) is 7.48. The molecule has 1 unspecified atom stereocenters. The Labute approximate surface area is 150 Å². The number of ether oxygens (including phenoxy) is 1. The molecule has 7 heteroatoms. The molecule has 1 N–H and O–H groups in total. The molecule has 1 aliphatic carbocycles. The molecule has 2 aliphatic heterocycles. The van der Waals surface area contributed by atoms with Gasteiger partial charge >= 0.3 is 0 Å². The molecule has 0 aromatic carbocycles. The predicted octanol–water partition coefficient (Wildman–Crippen LogP) is -0.0899. The van der Waals surface area contributed by atoms with Gasteiger partial charge in [0.15, 0.2) is 0 Å². The van der Waals surface area contributed by atoms with Crippen LogP contribution in [-0.2, 0) is 14.3 Å². The first-order chi connectivity index (χ1) is 12.1. The molecule has 0 aromatic heterocycles. The van der Waals surface area contributed by atoms with E-state index in [-0.39, 0.29) is 17.9 Å². The van der Waals surface area contributed by atoms with Crippen LogP contribution in [0.4, 0.5) is 0 Å². The van der Waals surface area contributed by atoms with Crippen molar-refractivity contribution < 1.29 is 14.3 Å². The van der Waals surface area contributed by atoms with Gasteiger partial charge in [-0.05, 0) is 12.8 Å². The fourth-order valence-electron chi connectivity index (χ4n) is 4.05. The van der Waals surface area contributed by atoms with E-state index in [2.05, 4.69) is 10.2 Å². The van der Waals surface area contributed by atoms with Gasteiger partial charge in [0.05, 0.1) is 19.8 Å². The standard InChI is InChI=1S/C18H32N4O3/c1-20(15-5-3-2-4-6-15)17(23)13-21-8-10-22(11-9-21)18(24)16-14-25-12-7-19-16/h15-16,19H,2-14H2,1H3. The molecule has 0 radical (unpaired) electrons. The van der Waals surface area contributed by atoms with Crippen LogP contribution >= 0.6 is 0 Å². The van der Waals surface area contributed by atoms with Gasteiger partial charge in [-0.25, -0.2) is 0 Å². The van der Waals surface area contributed by atoms with Crippen LogP contribution in [0, 0.1) is 0 Å². The molecule has 1 atom stereocenters. The lowest BCUT2D eigenvalue weighted by Crippen LogP contribution is -2.58. The average molecular weight is 352 g/mol. The van der Waals surface area contributed by atoms with Crippen LogP contribution in [-0.4, -0.2) is 98.1 Å². The highest BCUT2D eigenvalue weighted by Gasteiger charge is 2.30. The maximum absolute atomic E-state index is 12.6. The van der Waals surface area contributed by atoms with Crippen molar-refractivity contribution in [2.24, 2.45) is 0 Å². The highest BCUT2D eigenvalue weighted by Crippen LogP contribution is 2.21. The summed E-state index contributed by atoms with van der Waals surface area (Å²) in [4.78, 5) is 31.1. The third-order valence-electron chi connectivity index (χ3n) is 5.78. The number of nitrogens with zero attached hydrogens (tertiary/aromatic N) is 3. The van der Waals surface area contributed by atoms with Crippen molar-refractivity contribution in [3.8, 4) is 0 Å². The van der Waals surface area contributed by atoms with E-state index in [1.165, 1.54) is 19.3 Å². The fraction of sp³-hybridized carbons (Fsp3) is 0.889. The Bertz CT molecular complexity index is 453. The number of carbonyl (C=O) groups is 2. The van der Waals surface area contributed by atoms with Crippen molar-refractivity contribution in [3.63, 3.8) is 0 Å². The lowest BCUT2D eigenvalue weighted by molar-refractivity contribution is -0.139. The highest BCUT2D eigenvalue weighted by molar-refractivity contribution is 5.82. The smallest absolute Gasteiger partial charge is 0.242 e. The molecule has 2 heterocycles. The normalized spacial score (nSPS) is 26.4. The van der Waals surface area contributed by atoms with Crippen molar-refractivity contribution in [2.45, 2.75) is 44.2 Å². The quantitative estimate of drug-likeness (QED) is 0.766. The molecule has 2 saturated heterocycles. The van der Waals surface area contributed by atoms with Crippen LogP contribution in [0.2, 0.25) is 0 Å². The van der Waals surface area contributed by atoms with E-state index in [1.807, 2.05) is 16.8 Å². The zero-order chi connectivity index (χ0) is 17.6. The summed E-state index contributed by atoms with van der Waals surface area (Å²) < 4.78 is 5.38. The summed E-state index contributed by atoms with van der Waals surface area (Å²) in [7, 11) is 1.95. The first-order valence-corrected chi connectivity index (χ1v) is 9.73. The lowest BCUT2D eigenvalue weighted by Gasteiger charge is -2.38. The second-order valence-corrected chi connectivity index (χ2v) is 7.48. The molecule has 142 valence electrons. The predicted molar refractivity (Wildman–Crippen MR) is 95.3 cm³/mol. The Morgan fingerprint density at radius 3 is 2.48 bits per heavy atom. The van der Waals surface area contributed by atoms with Gasteiger partial charge in [-0.2, -0.15) is 0 Å². The number of piperazine rings is 1. The van der Waals surface area contributed by atoms with Gasteiger partial charge in [-0.3, -0.25) is 14.5 Å². The van der Waals surface area contributed by atoms with Crippen LogP contribution in [0.5, 0.6) is 0 Å². The summed E-state index contributed by atoms with van der Waals surface area (Å²) in [6.45, 7) is 5.26. The minimum Gasteiger partial charge on any atom is -0.378 e. The van der Waals surface area contributed by atoms with Gasteiger partial charge in [0, 0.05) is 45.8 Å². The molecule has 0 aromatic rings. The van der Waals surface area contributed by atoms with E-state index in [9.17, 15) is 9.59 Å². The fourth-order valence-corrected chi connectivity index (χ4v) is 4.05. The van der Waals surface area contributed by atoms with Crippen molar-refractivity contribution in [2.75, 3.05) is 59.5 Å². The Morgan fingerprint density at radius 1 is 1.12 bits per heavy atom. The maximum atomic E-state index is 12.6. The number of morpholine rings is 1. The van der Waals surface area contributed by atoms with Crippen molar-refractivity contribution in [3.05, 3.63) is 0 Å². The van der Waals surface area contributed by atoms with Crippen LogP contribution in [0.25, 0.3) is 0 Å². The van der Waals surface area contributed by atoms with Crippen molar-refractivity contribution in [1.82, 2.24) is 20.0 Å². The largest absolute Gasteiger partial charge is 0.378 e. The van der Waals surface area contributed by atoms with E-state index >= 15 is 0 Å². The molecule has 3 aliphatic rings. The van der Waals surface area contributed by atoms with Crippen molar-refractivity contribution >= 4 is 11.8 Å². The first-order valence-electron chi connectivity index (χ1n) is 9.73. The number of amides is 2. The molecule has 7 nitrogen and oxygen atoms in total. The molecule has 25 heavy (non-hydrogen) atoms. The number of likely N-dealkylation sites (N-methyl/N-ethyl adjacent to an activating group) is 1. The zero-order valence-electron chi connectivity index (χ0n) is 15.4. The topological polar surface area (TPSA) is 65.1 Å². The minimum absolute atomic E-state index is 0.130. The molecule has 0 spiro atoms. The van der Waals surface area contributed by atoms with E-state index in [0.717, 1.165) is 32.5 Å². The molecular weight excluding hydrogens is 320 g/mol. The average Bonchev–Trinajstić information content (AvgIpc) is 2.68. The van der Waals surface area contributed by atoms with Gasteiger partial charge in [-0.15, -0.1) is 0 Å². The minimum atomic E-state index is -0.209. The number of hydrogen-bond acceptors (Lipinski definition) is 5. The van der Waals surface area contributed by atoms with Crippen LogP contribution in [0.1, 0.15) is 32.1 Å². The Kier molecular flexibility index (Phi) is 6.67. The summed E-state index contributed by atoms with van der Waals surface area (Å²) in [5, 5.41) is 3.22. The third kappa shape index (κ3) is 4.92. The summed E-state index contributed by atoms with van der Waals surface area (Å²) in [5.41, 5.74) is 0. The molecule has 3 rings (SSSR count). The SMILES string of the molecule is CN(C(=O)CN1CCN(C(=O)C2COCCN2)CC1)C1CCCCC1. The first kappa shape index (κ1) is 18.6. The van der Waals surface area contributed by atoms with Crippen molar-refractivity contribution in [1.29, 1.82) is 0 Å². The number of carbonyl (C=O) groups excluding carboxylic acids is 2. The molecular formula is C18H32N4O3. The second kappa shape index (κ2) is 8.96. The lowest BCUT2D eigenvalue weighted by atomic mass is 9.94. The van der Waals surface area contributed by atoms with Gasteiger partial charge in [-0.1, -0.05) is 19.3 Å². The number of rotatable bonds is 4. The Balaban J connectivity index is 1.41. The van der Waals surface area contributed by atoms with Crippen LogP contribution in [0.3, 0.4) is 0 Å². The summed E-state index contributed by atoms with van der Waals surface area (Å²) in [6, 6.07) is 0.209. The Morgan fingerprint density at radius 2 is 1.84 bits per heavy atom. The van der Waals surface area contributed by atoms with Crippen LogP contribution in [0.15, 0.2) is 0 Å². The number of nitrogens with one attached hydrogen (secondary N) is 1. The highest BCUT2D eigenvalue weighted by atomic mass is 16.5. The Hall–Kier alpha value is -1.18. The van der Waals surface area contributed by atoms with Gasteiger partial charge in [0.25, 0.3) is 0 Å². The molecule has 3 fully saturated rings. The molecule has 1 saturated carbocycles.